The van der Waals surface area contributed by atoms with Crippen LogP contribution in [0.1, 0.15) is 25.0 Å². The third-order valence-corrected chi connectivity index (χ3v) is 13.6. The van der Waals surface area contributed by atoms with Crippen molar-refractivity contribution < 1.29 is 0 Å². The first-order chi connectivity index (χ1) is 32.0. The molecule has 0 aliphatic heterocycles. The summed E-state index contributed by atoms with van der Waals surface area (Å²) in [6.45, 7) is 4.72. The molecule has 0 amide bonds. The number of fused-ring (bicyclic) bond motifs is 6. The van der Waals surface area contributed by atoms with Gasteiger partial charge in [0.25, 0.3) is 0 Å². The van der Waals surface area contributed by atoms with Gasteiger partial charge in [0, 0.05) is 38.8 Å². The van der Waals surface area contributed by atoms with Crippen LogP contribution in [0.5, 0.6) is 0 Å². The Labute approximate surface area is 381 Å². The molecule has 0 unspecified atom stereocenters. The van der Waals surface area contributed by atoms with Crippen LogP contribution in [0.15, 0.2) is 243 Å². The standard InChI is InChI=1S/C63H46N2/c1-63(2)58-25-12-9-23-54(58)55-39-37-52(42-59(55)63)64(50-33-28-45(29-34-50)43-16-5-3-6-17-43)60-26-13-10-22-53(60)49-21-15-20-47(40-49)48-32-38-57-56-24-11-14-27-61(56)65(62(57)41-48)51-35-30-46(31-36-51)44-18-7-4-8-19-44/h3-42H,1-2H3. The molecule has 10 aromatic carbocycles. The normalized spacial score (nSPS) is 12.6. The number of para-hydroxylation sites is 2. The highest BCUT2D eigenvalue weighted by Gasteiger charge is 2.36. The van der Waals surface area contributed by atoms with E-state index in [0.29, 0.717) is 0 Å². The molecule has 1 aliphatic carbocycles. The van der Waals surface area contributed by atoms with Crippen molar-refractivity contribution in [1.29, 1.82) is 0 Å². The van der Waals surface area contributed by atoms with Crippen molar-refractivity contribution in [3.63, 3.8) is 0 Å². The quantitative estimate of drug-likeness (QED) is 0.148. The van der Waals surface area contributed by atoms with Crippen LogP contribution < -0.4 is 4.90 Å². The van der Waals surface area contributed by atoms with E-state index in [0.717, 1.165) is 28.3 Å². The average Bonchev–Trinajstić information content (AvgIpc) is 3.82. The van der Waals surface area contributed by atoms with Gasteiger partial charge < -0.3 is 9.47 Å². The Balaban J connectivity index is 0.975. The maximum absolute atomic E-state index is 2.45. The molecular weight excluding hydrogens is 785 g/mol. The van der Waals surface area contributed by atoms with Crippen molar-refractivity contribution in [2.45, 2.75) is 19.3 Å². The van der Waals surface area contributed by atoms with Crippen LogP contribution in [0.25, 0.3) is 83.1 Å². The molecule has 1 aliphatic rings. The number of aromatic nitrogens is 1. The molecule has 0 saturated carbocycles. The molecule has 12 rings (SSSR count). The lowest BCUT2D eigenvalue weighted by atomic mass is 9.82. The maximum Gasteiger partial charge on any atom is 0.0547 e. The highest BCUT2D eigenvalue weighted by atomic mass is 15.1. The van der Waals surface area contributed by atoms with Crippen LogP contribution in [0.4, 0.5) is 17.1 Å². The van der Waals surface area contributed by atoms with Gasteiger partial charge in [0.2, 0.25) is 0 Å². The van der Waals surface area contributed by atoms with E-state index in [1.54, 1.807) is 0 Å². The summed E-state index contributed by atoms with van der Waals surface area (Å²) >= 11 is 0. The molecule has 65 heavy (non-hydrogen) atoms. The number of hydrogen-bond acceptors (Lipinski definition) is 1. The molecule has 308 valence electrons. The summed E-state index contributed by atoms with van der Waals surface area (Å²) in [6.07, 6.45) is 0. The van der Waals surface area contributed by atoms with E-state index in [1.165, 1.54) is 83.0 Å². The zero-order chi connectivity index (χ0) is 43.5. The second kappa shape index (κ2) is 15.6. The van der Waals surface area contributed by atoms with E-state index >= 15 is 0 Å². The van der Waals surface area contributed by atoms with Crippen molar-refractivity contribution in [3.8, 4) is 61.3 Å². The van der Waals surface area contributed by atoms with E-state index in [1.807, 2.05) is 0 Å². The smallest absolute Gasteiger partial charge is 0.0547 e. The van der Waals surface area contributed by atoms with Crippen molar-refractivity contribution in [2.24, 2.45) is 0 Å². The first-order valence-electron chi connectivity index (χ1n) is 22.6. The lowest BCUT2D eigenvalue weighted by molar-refractivity contribution is 0.660. The lowest BCUT2D eigenvalue weighted by Gasteiger charge is -2.30. The van der Waals surface area contributed by atoms with E-state index < -0.39 is 0 Å². The van der Waals surface area contributed by atoms with Gasteiger partial charge in [0.15, 0.2) is 0 Å². The molecular formula is C63H46N2. The largest absolute Gasteiger partial charge is 0.310 e. The summed E-state index contributed by atoms with van der Waals surface area (Å²) in [6, 6.07) is 88.9. The molecule has 1 heterocycles. The van der Waals surface area contributed by atoms with Gasteiger partial charge in [-0.25, -0.2) is 0 Å². The molecule has 0 radical (unpaired) electrons. The Morgan fingerprint density at radius 3 is 1.60 bits per heavy atom. The molecule has 1 aromatic heterocycles. The monoisotopic (exact) mass is 830 g/mol. The number of hydrogen-bond donors (Lipinski definition) is 0. The van der Waals surface area contributed by atoms with Gasteiger partial charge in [-0.05, 0) is 122 Å². The highest BCUT2D eigenvalue weighted by Crippen LogP contribution is 2.51. The molecule has 0 bridgehead atoms. The Kier molecular flexibility index (Phi) is 9.21. The molecule has 0 fully saturated rings. The van der Waals surface area contributed by atoms with Crippen molar-refractivity contribution >= 4 is 38.9 Å². The van der Waals surface area contributed by atoms with E-state index in [4.69, 9.17) is 0 Å². The lowest BCUT2D eigenvalue weighted by Crippen LogP contribution is -2.16. The Morgan fingerprint density at radius 1 is 0.323 bits per heavy atom. The van der Waals surface area contributed by atoms with Gasteiger partial charge in [-0.1, -0.05) is 196 Å². The van der Waals surface area contributed by atoms with E-state index in [-0.39, 0.29) is 5.41 Å². The summed E-state index contributed by atoms with van der Waals surface area (Å²) in [7, 11) is 0. The Hall–Kier alpha value is -8.20. The van der Waals surface area contributed by atoms with Crippen molar-refractivity contribution in [3.05, 3.63) is 254 Å². The van der Waals surface area contributed by atoms with Crippen molar-refractivity contribution in [1.82, 2.24) is 4.57 Å². The zero-order valence-electron chi connectivity index (χ0n) is 36.5. The first kappa shape index (κ1) is 38.5. The molecule has 0 saturated heterocycles. The van der Waals surface area contributed by atoms with E-state index in [9.17, 15) is 0 Å². The minimum Gasteiger partial charge on any atom is -0.310 e. The summed E-state index contributed by atoms with van der Waals surface area (Å²) in [5.41, 5.74) is 21.6. The maximum atomic E-state index is 2.45. The number of rotatable bonds is 8. The van der Waals surface area contributed by atoms with Crippen LogP contribution in [0.3, 0.4) is 0 Å². The Bertz CT molecular complexity index is 3540. The molecule has 0 spiro atoms. The zero-order valence-corrected chi connectivity index (χ0v) is 36.5. The number of anilines is 3. The summed E-state index contributed by atoms with van der Waals surface area (Å²) in [5, 5.41) is 2.49. The fraction of sp³-hybridized carbons (Fsp3) is 0.0476. The fourth-order valence-corrected chi connectivity index (χ4v) is 10.3. The SMILES string of the molecule is CC1(C)c2ccccc2-c2ccc(N(c3ccc(-c4ccccc4)cc3)c3ccccc3-c3cccc(-c4ccc5c6ccccc6n(-c6ccc(-c7ccccc7)cc6)c5c4)c3)cc21. The third-order valence-electron chi connectivity index (χ3n) is 13.6. The topological polar surface area (TPSA) is 8.17 Å². The molecule has 0 atom stereocenters. The van der Waals surface area contributed by atoms with Crippen LogP contribution in [-0.2, 0) is 5.41 Å². The summed E-state index contributed by atoms with van der Waals surface area (Å²) in [5.74, 6) is 0. The van der Waals surface area contributed by atoms with Crippen molar-refractivity contribution in [2.75, 3.05) is 4.90 Å². The highest BCUT2D eigenvalue weighted by molar-refractivity contribution is 6.10. The van der Waals surface area contributed by atoms with Crippen LogP contribution in [-0.4, -0.2) is 4.57 Å². The van der Waals surface area contributed by atoms with Crippen LogP contribution in [0.2, 0.25) is 0 Å². The second-order valence-corrected chi connectivity index (χ2v) is 17.7. The van der Waals surface area contributed by atoms with Gasteiger partial charge in [0.05, 0.1) is 16.7 Å². The molecule has 2 nitrogen and oxygen atoms in total. The molecule has 0 N–H and O–H groups in total. The minimum absolute atomic E-state index is 0.128. The van der Waals surface area contributed by atoms with Gasteiger partial charge >= 0.3 is 0 Å². The van der Waals surface area contributed by atoms with Gasteiger partial charge in [-0.2, -0.15) is 0 Å². The summed E-state index contributed by atoms with van der Waals surface area (Å²) in [4.78, 5) is 2.45. The second-order valence-electron chi connectivity index (χ2n) is 17.7. The third kappa shape index (κ3) is 6.57. The minimum atomic E-state index is -0.128. The average molecular weight is 831 g/mol. The number of nitrogens with zero attached hydrogens (tertiary/aromatic N) is 2. The van der Waals surface area contributed by atoms with Gasteiger partial charge in [-0.15, -0.1) is 0 Å². The Morgan fingerprint density at radius 2 is 0.846 bits per heavy atom. The van der Waals surface area contributed by atoms with Crippen LogP contribution in [0, 0.1) is 0 Å². The summed E-state index contributed by atoms with van der Waals surface area (Å²) < 4.78 is 2.42. The van der Waals surface area contributed by atoms with E-state index in [2.05, 4.69) is 266 Å². The first-order valence-corrected chi connectivity index (χ1v) is 22.6. The predicted octanol–water partition coefficient (Wildman–Crippen LogP) is 17.2. The van der Waals surface area contributed by atoms with Gasteiger partial charge in [0.1, 0.15) is 0 Å². The van der Waals surface area contributed by atoms with Crippen LogP contribution >= 0.6 is 0 Å². The predicted molar refractivity (Wildman–Crippen MR) is 275 cm³/mol. The molecule has 2 heteroatoms. The number of benzene rings is 10. The fourth-order valence-electron chi connectivity index (χ4n) is 10.3. The molecule has 11 aromatic rings. The van der Waals surface area contributed by atoms with Gasteiger partial charge in [-0.3, -0.25) is 0 Å².